The van der Waals surface area contributed by atoms with Crippen molar-refractivity contribution >= 4 is 11.8 Å². The molecule has 1 aromatic heterocycles. The number of aromatic nitrogens is 3. The smallest absolute Gasteiger partial charge is 0.360 e. The van der Waals surface area contributed by atoms with Crippen molar-refractivity contribution in [2.24, 2.45) is 0 Å². The molecule has 0 saturated heterocycles. The van der Waals surface area contributed by atoms with Crippen LogP contribution < -0.4 is 0 Å². The van der Waals surface area contributed by atoms with E-state index in [2.05, 4.69) is 10.3 Å². The summed E-state index contributed by atoms with van der Waals surface area (Å²) in [4.78, 5) is 24.0. The zero-order chi connectivity index (χ0) is 15.0. The van der Waals surface area contributed by atoms with Gasteiger partial charge in [0.15, 0.2) is 5.69 Å². The van der Waals surface area contributed by atoms with Gasteiger partial charge in [-0.3, -0.25) is 4.79 Å². The van der Waals surface area contributed by atoms with E-state index in [-0.39, 0.29) is 24.5 Å². The Morgan fingerprint density at radius 2 is 2.19 bits per heavy atom. The van der Waals surface area contributed by atoms with Gasteiger partial charge in [0.05, 0.1) is 24.4 Å². The van der Waals surface area contributed by atoms with Gasteiger partial charge in [0.1, 0.15) is 5.78 Å². The molecular formula is C15H15N3O3. The van der Waals surface area contributed by atoms with Gasteiger partial charge in [-0.2, -0.15) is 0 Å². The van der Waals surface area contributed by atoms with Gasteiger partial charge >= 0.3 is 5.97 Å². The number of benzene rings is 1. The largest absolute Gasteiger partial charge is 0.461 e. The number of rotatable bonds is 2. The van der Waals surface area contributed by atoms with Gasteiger partial charge in [-0.1, -0.05) is 17.3 Å². The molecule has 0 bridgehead atoms. The molecule has 0 spiro atoms. The third-order valence-corrected chi connectivity index (χ3v) is 3.45. The topological polar surface area (TPSA) is 74.1 Å². The van der Waals surface area contributed by atoms with E-state index < -0.39 is 5.97 Å². The minimum atomic E-state index is -0.539. The number of ketones is 1. The number of Topliss-reactive ketones (excluding diaryl/α,β-unsaturated/α-hetero) is 1. The molecule has 0 atom stereocenters. The lowest BCUT2D eigenvalue weighted by molar-refractivity contribution is -0.117. The Morgan fingerprint density at radius 1 is 1.38 bits per heavy atom. The van der Waals surface area contributed by atoms with E-state index in [1.54, 1.807) is 11.6 Å². The molecular weight excluding hydrogens is 270 g/mol. The maximum absolute atomic E-state index is 12.1. The lowest BCUT2D eigenvalue weighted by Crippen LogP contribution is -2.12. The van der Waals surface area contributed by atoms with Crippen molar-refractivity contribution in [2.45, 2.75) is 26.7 Å². The number of hydrogen-bond donors (Lipinski definition) is 0. The second-order valence-electron chi connectivity index (χ2n) is 5.04. The van der Waals surface area contributed by atoms with E-state index >= 15 is 0 Å². The van der Waals surface area contributed by atoms with Gasteiger partial charge < -0.3 is 4.74 Å². The Labute approximate surface area is 121 Å². The average molecular weight is 285 g/mol. The summed E-state index contributed by atoms with van der Waals surface area (Å²) in [5, 5.41) is 7.96. The average Bonchev–Trinajstić information content (AvgIpc) is 2.79. The molecule has 0 fully saturated rings. The maximum atomic E-state index is 12.1. The number of carbonyl (C=O) groups excluding carboxylic acids is 2. The summed E-state index contributed by atoms with van der Waals surface area (Å²) in [6.07, 6.45) is 0.468. The van der Waals surface area contributed by atoms with Gasteiger partial charge in [0.2, 0.25) is 0 Å². The number of aryl methyl sites for hydroxylation is 1. The molecule has 1 aliphatic rings. The molecule has 1 aromatic carbocycles. The van der Waals surface area contributed by atoms with Crippen molar-refractivity contribution in [3.05, 3.63) is 40.7 Å². The van der Waals surface area contributed by atoms with Gasteiger partial charge in [-0.05, 0) is 31.0 Å². The standard InChI is InChI=1S/C15H15N3O3/c1-3-21-15(20)14-13-8-11(19)7-10-5-4-9(2)6-12(10)18(13)17-16-14/h4-6H,3,7-8H2,1-2H3. The fraction of sp³-hybridized carbons (Fsp3) is 0.333. The lowest BCUT2D eigenvalue weighted by Gasteiger charge is -2.07. The number of ether oxygens (including phenoxy) is 1. The quantitative estimate of drug-likeness (QED) is 0.780. The first-order valence-corrected chi connectivity index (χ1v) is 6.83. The van der Waals surface area contributed by atoms with Crippen LogP contribution in [0.25, 0.3) is 5.69 Å². The molecule has 108 valence electrons. The Hall–Kier alpha value is -2.50. The number of carbonyl (C=O) groups is 2. The second kappa shape index (κ2) is 5.12. The first kappa shape index (κ1) is 13.5. The van der Waals surface area contributed by atoms with E-state index in [9.17, 15) is 9.59 Å². The van der Waals surface area contributed by atoms with Gasteiger partial charge in [-0.15, -0.1) is 5.10 Å². The van der Waals surface area contributed by atoms with Crippen LogP contribution in [0.15, 0.2) is 18.2 Å². The second-order valence-corrected chi connectivity index (χ2v) is 5.04. The Kier molecular flexibility index (Phi) is 3.29. The normalized spacial score (nSPS) is 13.3. The monoisotopic (exact) mass is 285 g/mol. The molecule has 0 radical (unpaired) electrons. The first-order valence-electron chi connectivity index (χ1n) is 6.83. The SMILES string of the molecule is CCOC(=O)c1nnn2c1CC(=O)Cc1ccc(C)cc1-2. The van der Waals surface area contributed by atoms with Crippen LogP contribution in [0, 0.1) is 6.92 Å². The highest BCUT2D eigenvalue weighted by Crippen LogP contribution is 2.24. The molecule has 0 N–H and O–H groups in total. The van der Waals surface area contributed by atoms with Crippen molar-refractivity contribution in [2.75, 3.05) is 6.61 Å². The van der Waals surface area contributed by atoms with Gasteiger partial charge in [0.25, 0.3) is 0 Å². The summed E-state index contributed by atoms with van der Waals surface area (Å²) in [6, 6.07) is 5.82. The fourth-order valence-electron chi connectivity index (χ4n) is 2.49. The minimum absolute atomic E-state index is 0.0340. The van der Waals surface area contributed by atoms with E-state index in [0.717, 1.165) is 16.8 Å². The zero-order valence-electron chi connectivity index (χ0n) is 11.9. The first-order chi connectivity index (χ1) is 10.1. The summed E-state index contributed by atoms with van der Waals surface area (Å²) in [7, 11) is 0. The number of hydrogen-bond acceptors (Lipinski definition) is 5. The molecule has 0 unspecified atom stereocenters. The summed E-state index contributed by atoms with van der Waals surface area (Å²) in [5.74, 6) is -0.505. The van der Waals surface area contributed by atoms with Crippen molar-refractivity contribution in [1.29, 1.82) is 0 Å². The van der Waals surface area contributed by atoms with Crippen LogP contribution in [-0.2, 0) is 22.4 Å². The van der Waals surface area contributed by atoms with Crippen LogP contribution >= 0.6 is 0 Å². The highest BCUT2D eigenvalue weighted by Gasteiger charge is 2.27. The third-order valence-electron chi connectivity index (χ3n) is 3.45. The van der Waals surface area contributed by atoms with Crippen LogP contribution in [-0.4, -0.2) is 33.4 Å². The van der Waals surface area contributed by atoms with Crippen LogP contribution in [0.4, 0.5) is 0 Å². The van der Waals surface area contributed by atoms with E-state index in [1.807, 2.05) is 25.1 Å². The predicted octanol–water partition coefficient (Wildman–Crippen LogP) is 1.42. The van der Waals surface area contributed by atoms with E-state index in [0.29, 0.717) is 12.1 Å². The molecule has 2 heterocycles. The zero-order valence-corrected chi connectivity index (χ0v) is 11.9. The third kappa shape index (κ3) is 2.33. The van der Waals surface area contributed by atoms with Crippen molar-refractivity contribution in [3.63, 3.8) is 0 Å². The highest BCUT2D eigenvalue weighted by atomic mass is 16.5. The molecule has 21 heavy (non-hydrogen) atoms. The maximum Gasteiger partial charge on any atom is 0.360 e. The van der Waals surface area contributed by atoms with E-state index in [1.165, 1.54) is 0 Å². The molecule has 0 amide bonds. The van der Waals surface area contributed by atoms with E-state index in [4.69, 9.17) is 4.74 Å². The molecule has 6 nitrogen and oxygen atoms in total. The Bertz CT molecular complexity index is 734. The fourth-order valence-corrected chi connectivity index (χ4v) is 2.49. The molecule has 6 heteroatoms. The van der Waals surface area contributed by atoms with Crippen molar-refractivity contribution in [3.8, 4) is 5.69 Å². The summed E-state index contributed by atoms with van der Waals surface area (Å²) in [5.41, 5.74) is 3.38. The number of nitrogens with zero attached hydrogens (tertiary/aromatic N) is 3. The Balaban J connectivity index is 2.17. The predicted molar refractivity (Wildman–Crippen MR) is 74.5 cm³/mol. The van der Waals surface area contributed by atoms with Crippen LogP contribution in [0.1, 0.15) is 34.2 Å². The van der Waals surface area contributed by atoms with Gasteiger partial charge in [0, 0.05) is 6.42 Å². The van der Waals surface area contributed by atoms with Crippen molar-refractivity contribution in [1.82, 2.24) is 15.0 Å². The van der Waals surface area contributed by atoms with Gasteiger partial charge in [-0.25, -0.2) is 9.48 Å². The van der Waals surface area contributed by atoms with Crippen LogP contribution in [0.3, 0.4) is 0 Å². The summed E-state index contributed by atoms with van der Waals surface area (Å²) in [6.45, 7) is 3.95. The highest BCUT2D eigenvalue weighted by molar-refractivity contribution is 5.92. The molecule has 2 aromatic rings. The Morgan fingerprint density at radius 3 is 2.95 bits per heavy atom. The van der Waals surface area contributed by atoms with Crippen LogP contribution in [0.5, 0.6) is 0 Å². The number of esters is 1. The minimum Gasteiger partial charge on any atom is -0.461 e. The number of fused-ring (bicyclic) bond motifs is 3. The molecule has 3 rings (SSSR count). The van der Waals surface area contributed by atoms with Crippen LogP contribution in [0.2, 0.25) is 0 Å². The summed E-state index contributed by atoms with van der Waals surface area (Å²) < 4.78 is 6.56. The molecule has 0 aliphatic carbocycles. The molecule has 1 aliphatic heterocycles. The molecule has 0 saturated carbocycles. The lowest BCUT2D eigenvalue weighted by atomic mass is 10.0. The van der Waals surface area contributed by atoms with Crippen molar-refractivity contribution < 1.29 is 14.3 Å². The summed E-state index contributed by atoms with van der Waals surface area (Å²) >= 11 is 0.